The van der Waals surface area contributed by atoms with Gasteiger partial charge in [-0.2, -0.15) is 0 Å². The number of rotatable bonds is 5. The normalized spacial score (nSPS) is 11.6. The fourth-order valence-electron chi connectivity index (χ4n) is 2.48. The van der Waals surface area contributed by atoms with E-state index in [0.717, 1.165) is 10.9 Å². The zero-order valence-corrected chi connectivity index (χ0v) is 13.8. The molecular formula is C16H16N4O3S. The maximum atomic E-state index is 12.7. The van der Waals surface area contributed by atoms with E-state index in [1.165, 1.54) is 23.3 Å². The molecule has 0 radical (unpaired) electrons. The Morgan fingerprint density at radius 1 is 1.46 bits per heavy atom. The van der Waals surface area contributed by atoms with E-state index in [9.17, 15) is 9.59 Å². The number of hydrogen-bond acceptors (Lipinski definition) is 5. The summed E-state index contributed by atoms with van der Waals surface area (Å²) < 4.78 is 1.60. The first-order valence-corrected chi connectivity index (χ1v) is 8.39. The van der Waals surface area contributed by atoms with E-state index >= 15 is 0 Å². The van der Waals surface area contributed by atoms with Gasteiger partial charge in [0.15, 0.2) is 5.16 Å². The summed E-state index contributed by atoms with van der Waals surface area (Å²) >= 11 is 1.35. The molecule has 3 N–H and O–H groups in total. The van der Waals surface area contributed by atoms with Gasteiger partial charge in [-0.3, -0.25) is 19.4 Å². The Kier molecular flexibility index (Phi) is 4.68. The Hall–Kier alpha value is -2.58. The highest BCUT2D eigenvalue weighted by Gasteiger charge is 2.14. The minimum atomic E-state index is -0.594. The zero-order chi connectivity index (χ0) is 17.1. The molecule has 0 fully saturated rings. The molecule has 0 aliphatic carbocycles. The van der Waals surface area contributed by atoms with Crippen molar-refractivity contribution in [2.45, 2.75) is 18.6 Å². The average Bonchev–Trinajstić information content (AvgIpc) is 2.98. The number of aromatic nitrogens is 3. The van der Waals surface area contributed by atoms with Gasteiger partial charge in [0, 0.05) is 29.3 Å². The summed E-state index contributed by atoms with van der Waals surface area (Å²) in [4.78, 5) is 31.4. The van der Waals surface area contributed by atoms with E-state index in [0.29, 0.717) is 28.5 Å². The molecule has 0 aliphatic rings. The lowest BCUT2D eigenvalue weighted by molar-refractivity contribution is -0.124. The molecule has 0 atom stereocenters. The average molecular weight is 344 g/mol. The number of hydrogen-bond donors (Lipinski definition) is 3. The zero-order valence-electron chi connectivity index (χ0n) is 12.9. The van der Waals surface area contributed by atoms with E-state index in [2.05, 4.69) is 9.97 Å². The molecule has 2 heterocycles. The molecule has 7 nitrogen and oxygen atoms in total. The van der Waals surface area contributed by atoms with Crippen LogP contribution in [-0.2, 0) is 11.3 Å². The molecule has 0 saturated heterocycles. The molecule has 1 amide bonds. The van der Waals surface area contributed by atoms with Crippen molar-refractivity contribution in [2.75, 3.05) is 5.75 Å². The van der Waals surface area contributed by atoms with Crippen LogP contribution in [0.5, 0.6) is 0 Å². The van der Waals surface area contributed by atoms with Gasteiger partial charge >= 0.3 is 0 Å². The van der Waals surface area contributed by atoms with Gasteiger partial charge < -0.3 is 4.98 Å². The predicted octanol–water partition coefficient (Wildman–Crippen LogP) is 2.05. The Morgan fingerprint density at radius 3 is 3.00 bits per heavy atom. The lowest BCUT2D eigenvalue weighted by Gasteiger charge is -2.08. The number of H-pyrrole nitrogens is 1. The SMILES string of the molecule is CCn1c(SC/C=C/C(=O)NO)nc2c([nH]c3ccccc32)c1=O. The van der Waals surface area contributed by atoms with E-state index < -0.39 is 5.91 Å². The minimum absolute atomic E-state index is 0.113. The summed E-state index contributed by atoms with van der Waals surface area (Å²) in [6.45, 7) is 2.39. The van der Waals surface area contributed by atoms with Crippen LogP contribution in [-0.4, -0.2) is 31.4 Å². The molecule has 0 bridgehead atoms. The van der Waals surface area contributed by atoms with Crippen LogP contribution in [0, 0.1) is 0 Å². The number of fused-ring (bicyclic) bond motifs is 3. The number of para-hydroxylation sites is 1. The highest BCUT2D eigenvalue weighted by Crippen LogP contribution is 2.24. The van der Waals surface area contributed by atoms with E-state index in [4.69, 9.17) is 5.21 Å². The molecule has 0 unspecified atom stereocenters. The first kappa shape index (κ1) is 16.3. The first-order chi connectivity index (χ1) is 11.7. The lowest BCUT2D eigenvalue weighted by atomic mass is 10.2. The number of thioether (sulfide) groups is 1. The van der Waals surface area contributed by atoms with Crippen LogP contribution in [0.3, 0.4) is 0 Å². The smallest absolute Gasteiger partial charge is 0.278 e. The molecule has 3 aromatic rings. The maximum Gasteiger partial charge on any atom is 0.278 e. The van der Waals surface area contributed by atoms with Crippen molar-refractivity contribution in [1.29, 1.82) is 0 Å². The third-order valence-corrected chi connectivity index (χ3v) is 4.51. The number of benzene rings is 1. The summed E-state index contributed by atoms with van der Waals surface area (Å²) in [7, 11) is 0. The highest BCUT2D eigenvalue weighted by atomic mass is 32.2. The topological polar surface area (TPSA) is 100 Å². The Labute approximate surface area is 141 Å². The molecule has 0 saturated carbocycles. The van der Waals surface area contributed by atoms with Crippen molar-refractivity contribution >= 4 is 39.6 Å². The number of carbonyl (C=O) groups is 1. The summed E-state index contributed by atoms with van der Waals surface area (Å²) in [6, 6.07) is 7.65. The van der Waals surface area contributed by atoms with Gasteiger partial charge in [0.05, 0.1) is 0 Å². The Balaban J connectivity index is 2.03. The van der Waals surface area contributed by atoms with Gasteiger partial charge in [0.25, 0.3) is 11.5 Å². The lowest BCUT2D eigenvalue weighted by Crippen LogP contribution is -2.22. The fourth-order valence-corrected chi connectivity index (χ4v) is 3.35. The molecule has 3 rings (SSSR count). The minimum Gasteiger partial charge on any atom is -0.349 e. The van der Waals surface area contributed by atoms with Gasteiger partial charge in [0.2, 0.25) is 0 Å². The van der Waals surface area contributed by atoms with Crippen LogP contribution in [0.15, 0.2) is 46.4 Å². The van der Waals surface area contributed by atoms with Gasteiger partial charge in [-0.05, 0) is 13.0 Å². The third kappa shape index (κ3) is 2.93. The molecule has 2 aromatic heterocycles. The van der Waals surface area contributed by atoms with Crippen LogP contribution in [0.2, 0.25) is 0 Å². The number of nitrogens with zero attached hydrogens (tertiary/aromatic N) is 2. The maximum absolute atomic E-state index is 12.7. The number of amides is 1. The molecular weight excluding hydrogens is 328 g/mol. The van der Waals surface area contributed by atoms with Crippen LogP contribution >= 0.6 is 11.8 Å². The standard InChI is InChI=1S/C16H16N4O3S/c1-2-20-15(22)14-13(10-6-3-4-7-11(10)17-14)18-16(20)24-9-5-8-12(21)19-23/h3-8,17,23H,2,9H2,1H3,(H,19,21)/b8-5+. The first-order valence-electron chi connectivity index (χ1n) is 7.40. The highest BCUT2D eigenvalue weighted by molar-refractivity contribution is 7.99. The number of carbonyl (C=O) groups excluding carboxylic acids is 1. The van der Waals surface area contributed by atoms with Gasteiger partial charge in [-0.1, -0.05) is 36.0 Å². The summed E-state index contributed by atoms with van der Waals surface area (Å²) in [5.74, 6) is -0.142. The second kappa shape index (κ2) is 6.90. The second-order valence-electron chi connectivity index (χ2n) is 5.03. The van der Waals surface area contributed by atoms with Crippen molar-refractivity contribution in [3.8, 4) is 0 Å². The summed E-state index contributed by atoms with van der Waals surface area (Å²) in [6.07, 6.45) is 2.83. The summed E-state index contributed by atoms with van der Waals surface area (Å²) in [5, 5.41) is 9.94. The Bertz CT molecular complexity index is 990. The third-order valence-electron chi connectivity index (χ3n) is 3.58. The van der Waals surface area contributed by atoms with E-state index in [-0.39, 0.29) is 5.56 Å². The van der Waals surface area contributed by atoms with E-state index in [1.807, 2.05) is 31.2 Å². The van der Waals surface area contributed by atoms with Crippen LogP contribution < -0.4 is 11.0 Å². The number of hydroxylamine groups is 1. The van der Waals surface area contributed by atoms with Crippen LogP contribution in [0.1, 0.15) is 6.92 Å². The molecule has 124 valence electrons. The molecule has 1 aromatic carbocycles. The molecule has 0 spiro atoms. The number of nitrogens with one attached hydrogen (secondary N) is 2. The molecule has 0 aliphatic heterocycles. The molecule has 24 heavy (non-hydrogen) atoms. The fraction of sp³-hybridized carbons (Fsp3) is 0.188. The Morgan fingerprint density at radius 2 is 2.25 bits per heavy atom. The van der Waals surface area contributed by atoms with Gasteiger partial charge in [0.1, 0.15) is 11.0 Å². The summed E-state index contributed by atoms with van der Waals surface area (Å²) in [5.41, 5.74) is 3.44. The monoisotopic (exact) mass is 344 g/mol. The largest absolute Gasteiger partial charge is 0.349 e. The van der Waals surface area contributed by atoms with Crippen molar-refractivity contribution in [2.24, 2.45) is 0 Å². The van der Waals surface area contributed by atoms with Gasteiger partial charge in [-0.25, -0.2) is 10.5 Å². The van der Waals surface area contributed by atoms with Crippen molar-refractivity contribution in [3.63, 3.8) is 0 Å². The quantitative estimate of drug-likeness (QED) is 0.216. The van der Waals surface area contributed by atoms with Crippen LogP contribution in [0.4, 0.5) is 0 Å². The second-order valence-corrected chi connectivity index (χ2v) is 6.01. The number of aromatic amines is 1. The van der Waals surface area contributed by atoms with E-state index in [1.54, 1.807) is 10.6 Å². The van der Waals surface area contributed by atoms with Crippen molar-refractivity contribution in [1.82, 2.24) is 20.0 Å². The predicted molar refractivity (Wildman–Crippen MR) is 93.3 cm³/mol. The molecule has 8 heteroatoms. The van der Waals surface area contributed by atoms with Crippen LogP contribution in [0.25, 0.3) is 21.9 Å². The van der Waals surface area contributed by atoms with Crippen molar-refractivity contribution in [3.05, 3.63) is 46.8 Å². The van der Waals surface area contributed by atoms with Crippen molar-refractivity contribution < 1.29 is 10.0 Å². The van der Waals surface area contributed by atoms with Gasteiger partial charge in [-0.15, -0.1) is 0 Å².